The van der Waals surface area contributed by atoms with E-state index in [2.05, 4.69) is 68.7 Å². The van der Waals surface area contributed by atoms with Gasteiger partial charge >= 0.3 is 0 Å². The Hall–Kier alpha value is -3.69. The fraction of sp³-hybridized carbons (Fsp3) is 0.208. The summed E-state index contributed by atoms with van der Waals surface area (Å²) in [6.45, 7) is 0. The zero-order valence-electron chi connectivity index (χ0n) is 18.2. The number of anilines is 1. The molecule has 3 aromatic heterocycles. The summed E-state index contributed by atoms with van der Waals surface area (Å²) in [4.78, 5) is 23.2. The molecule has 0 fully saturated rings. The number of carbonyl (C=O) groups is 1. The Bertz CT molecular complexity index is 1260. The van der Waals surface area contributed by atoms with Gasteiger partial charge in [0.1, 0.15) is 11.1 Å². The fourth-order valence-electron chi connectivity index (χ4n) is 4.05. The molecule has 1 amide bonds. The molecule has 0 aliphatic heterocycles. The van der Waals surface area contributed by atoms with Gasteiger partial charge in [0.05, 0.1) is 11.6 Å². The number of hydrogen-bond acceptors (Lipinski definition) is 8. The third kappa shape index (κ3) is 4.46. The van der Waals surface area contributed by atoms with Gasteiger partial charge in [0.15, 0.2) is 0 Å². The van der Waals surface area contributed by atoms with Crippen molar-refractivity contribution in [3.05, 3.63) is 83.8 Å². The number of benzene rings is 1. The smallest absolute Gasteiger partial charge is 0.259 e. The van der Waals surface area contributed by atoms with E-state index in [0.717, 1.165) is 12.0 Å². The lowest BCUT2D eigenvalue weighted by atomic mass is 10.1. The number of nitrogens with zero attached hydrogens (tertiary/aromatic N) is 5. The van der Waals surface area contributed by atoms with E-state index in [-0.39, 0.29) is 18.1 Å². The van der Waals surface area contributed by atoms with Gasteiger partial charge in [-0.2, -0.15) is 0 Å². The SMILES string of the molecule is CN(C)[C@@H]1c2ccccc2C[C@H]1Oc1ccc(C(=O)Nc2nnc(-c3ccncc3)s2)cn1. The van der Waals surface area contributed by atoms with Gasteiger partial charge in [-0.3, -0.25) is 20.0 Å². The highest BCUT2D eigenvalue weighted by atomic mass is 32.1. The molecule has 2 atom stereocenters. The van der Waals surface area contributed by atoms with Crippen molar-refractivity contribution in [2.24, 2.45) is 0 Å². The Morgan fingerprint density at radius 1 is 1.09 bits per heavy atom. The molecule has 0 saturated carbocycles. The van der Waals surface area contributed by atoms with Gasteiger partial charge < -0.3 is 4.74 Å². The zero-order valence-corrected chi connectivity index (χ0v) is 19.0. The summed E-state index contributed by atoms with van der Waals surface area (Å²) < 4.78 is 6.23. The second kappa shape index (κ2) is 9.05. The summed E-state index contributed by atoms with van der Waals surface area (Å²) in [6.07, 6.45) is 5.67. The number of fused-ring (bicyclic) bond motifs is 1. The minimum atomic E-state index is -0.300. The van der Waals surface area contributed by atoms with E-state index in [1.54, 1.807) is 24.5 Å². The van der Waals surface area contributed by atoms with Crippen LogP contribution in [0.1, 0.15) is 27.5 Å². The fourth-order valence-corrected chi connectivity index (χ4v) is 4.79. The first-order valence-electron chi connectivity index (χ1n) is 10.5. The number of aromatic nitrogens is 4. The topological polar surface area (TPSA) is 93.1 Å². The number of hydrogen-bond donors (Lipinski definition) is 1. The number of nitrogens with one attached hydrogen (secondary N) is 1. The molecule has 0 saturated heterocycles. The van der Waals surface area contributed by atoms with Crippen molar-refractivity contribution in [3.63, 3.8) is 0 Å². The molecular formula is C24H22N6O2S. The molecule has 1 aromatic carbocycles. The van der Waals surface area contributed by atoms with Crippen molar-refractivity contribution in [2.75, 3.05) is 19.4 Å². The minimum Gasteiger partial charge on any atom is -0.472 e. The van der Waals surface area contributed by atoms with Crippen molar-refractivity contribution >= 4 is 22.4 Å². The van der Waals surface area contributed by atoms with Gasteiger partial charge in [-0.25, -0.2) is 4.98 Å². The molecule has 0 spiro atoms. The molecular weight excluding hydrogens is 436 g/mol. The molecule has 8 nitrogen and oxygen atoms in total. The first kappa shape index (κ1) is 21.2. The Labute approximate surface area is 195 Å². The number of likely N-dealkylation sites (N-methyl/N-ethyl adjacent to an activating group) is 1. The summed E-state index contributed by atoms with van der Waals surface area (Å²) in [5.41, 5.74) is 3.89. The van der Waals surface area contributed by atoms with Gasteiger partial charge in [-0.1, -0.05) is 35.6 Å². The average Bonchev–Trinajstić information content (AvgIpc) is 3.44. The number of carbonyl (C=O) groups excluding carboxylic acids is 1. The third-order valence-electron chi connectivity index (χ3n) is 5.55. The van der Waals surface area contributed by atoms with Gasteiger partial charge in [0.2, 0.25) is 11.0 Å². The third-order valence-corrected chi connectivity index (χ3v) is 6.43. The van der Waals surface area contributed by atoms with Crippen LogP contribution in [0.4, 0.5) is 5.13 Å². The van der Waals surface area contributed by atoms with Crippen LogP contribution in [0.15, 0.2) is 67.1 Å². The highest BCUT2D eigenvalue weighted by Crippen LogP contribution is 2.36. The predicted molar refractivity (Wildman–Crippen MR) is 126 cm³/mol. The van der Waals surface area contributed by atoms with E-state index in [0.29, 0.717) is 21.6 Å². The lowest BCUT2D eigenvalue weighted by Crippen LogP contribution is -2.32. The Morgan fingerprint density at radius 3 is 2.67 bits per heavy atom. The number of pyridine rings is 2. The maximum atomic E-state index is 12.6. The number of ether oxygens (including phenoxy) is 1. The normalized spacial score (nSPS) is 17.1. The summed E-state index contributed by atoms with van der Waals surface area (Å²) in [5, 5.41) is 12.1. The zero-order chi connectivity index (χ0) is 22.8. The van der Waals surface area contributed by atoms with Crippen LogP contribution in [0.3, 0.4) is 0 Å². The minimum absolute atomic E-state index is 0.0439. The molecule has 9 heteroatoms. The maximum absolute atomic E-state index is 12.6. The second-order valence-electron chi connectivity index (χ2n) is 7.96. The standard InChI is InChI=1S/C24H22N6O2S/c1-30(2)21-18-6-4-3-5-16(18)13-19(21)32-20-8-7-17(14-26-20)22(31)27-24-29-28-23(33-24)15-9-11-25-12-10-15/h3-12,14,19,21H,13H2,1-2H3,(H,27,29,31)/t19-,21-/m1/s1. The number of amides is 1. The van der Waals surface area contributed by atoms with Crippen molar-refractivity contribution in [1.29, 1.82) is 0 Å². The molecule has 33 heavy (non-hydrogen) atoms. The van der Waals surface area contributed by atoms with E-state index in [1.165, 1.54) is 28.7 Å². The molecule has 0 bridgehead atoms. The maximum Gasteiger partial charge on any atom is 0.259 e. The molecule has 0 unspecified atom stereocenters. The van der Waals surface area contributed by atoms with Crippen LogP contribution in [-0.2, 0) is 6.42 Å². The highest BCUT2D eigenvalue weighted by Gasteiger charge is 2.35. The van der Waals surface area contributed by atoms with Crippen LogP contribution in [0.5, 0.6) is 5.88 Å². The molecule has 3 heterocycles. The molecule has 166 valence electrons. The lowest BCUT2D eigenvalue weighted by Gasteiger charge is -2.27. The molecule has 4 aromatic rings. The van der Waals surface area contributed by atoms with Gasteiger partial charge in [-0.15, -0.1) is 10.2 Å². The molecule has 1 N–H and O–H groups in total. The van der Waals surface area contributed by atoms with Crippen molar-refractivity contribution < 1.29 is 9.53 Å². The molecule has 1 aliphatic carbocycles. The van der Waals surface area contributed by atoms with E-state index < -0.39 is 0 Å². The van der Waals surface area contributed by atoms with Crippen molar-refractivity contribution in [2.45, 2.75) is 18.6 Å². The summed E-state index contributed by atoms with van der Waals surface area (Å²) in [6, 6.07) is 15.7. The van der Waals surface area contributed by atoms with Crippen LogP contribution < -0.4 is 10.1 Å². The number of rotatable bonds is 6. The molecule has 0 radical (unpaired) electrons. The van der Waals surface area contributed by atoms with Crippen LogP contribution in [0.25, 0.3) is 10.6 Å². The van der Waals surface area contributed by atoms with Crippen LogP contribution in [-0.4, -0.2) is 51.2 Å². The van der Waals surface area contributed by atoms with Crippen LogP contribution >= 0.6 is 11.3 Å². The Kier molecular flexibility index (Phi) is 5.80. The first-order valence-corrected chi connectivity index (χ1v) is 11.3. The first-order chi connectivity index (χ1) is 16.1. The monoisotopic (exact) mass is 458 g/mol. The van der Waals surface area contributed by atoms with Crippen molar-refractivity contribution in [3.8, 4) is 16.5 Å². The van der Waals surface area contributed by atoms with E-state index in [1.807, 2.05) is 12.1 Å². The summed E-state index contributed by atoms with van der Waals surface area (Å²) in [5.74, 6) is 0.193. The van der Waals surface area contributed by atoms with Crippen LogP contribution in [0, 0.1) is 0 Å². The van der Waals surface area contributed by atoms with Gasteiger partial charge in [0.25, 0.3) is 5.91 Å². The predicted octanol–water partition coefficient (Wildman–Crippen LogP) is 3.85. The Morgan fingerprint density at radius 2 is 1.91 bits per heavy atom. The molecule has 5 rings (SSSR count). The van der Waals surface area contributed by atoms with E-state index in [9.17, 15) is 4.79 Å². The quantitative estimate of drug-likeness (QED) is 0.469. The largest absolute Gasteiger partial charge is 0.472 e. The lowest BCUT2D eigenvalue weighted by molar-refractivity contribution is 0.102. The van der Waals surface area contributed by atoms with Crippen molar-refractivity contribution in [1.82, 2.24) is 25.1 Å². The second-order valence-corrected chi connectivity index (χ2v) is 8.93. The average molecular weight is 459 g/mol. The van der Waals surface area contributed by atoms with Crippen LogP contribution in [0.2, 0.25) is 0 Å². The van der Waals surface area contributed by atoms with E-state index in [4.69, 9.17) is 4.74 Å². The summed E-state index contributed by atoms with van der Waals surface area (Å²) >= 11 is 1.30. The Balaban J connectivity index is 1.25. The summed E-state index contributed by atoms with van der Waals surface area (Å²) in [7, 11) is 4.11. The highest BCUT2D eigenvalue weighted by molar-refractivity contribution is 7.18. The molecule has 1 aliphatic rings. The van der Waals surface area contributed by atoms with Gasteiger partial charge in [-0.05, 0) is 43.4 Å². The van der Waals surface area contributed by atoms with Gasteiger partial charge in [0, 0.05) is 36.6 Å². The van der Waals surface area contributed by atoms with E-state index >= 15 is 0 Å².